The first kappa shape index (κ1) is 15.0. The summed E-state index contributed by atoms with van der Waals surface area (Å²) in [4.78, 5) is 0. The third-order valence-electron chi connectivity index (χ3n) is 1.91. The lowest BCUT2D eigenvalue weighted by molar-refractivity contribution is 0.513. The van der Waals surface area contributed by atoms with Crippen LogP contribution in [0.15, 0.2) is 42.5 Å². The Balaban J connectivity index is 0.000000581. The second kappa shape index (κ2) is 9.23. The van der Waals surface area contributed by atoms with Gasteiger partial charge in [-0.15, -0.1) is 5.26 Å². The molecule has 0 aliphatic heterocycles. The van der Waals surface area contributed by atoms with Gasteiger partial charge in [-0.05, 0) is 11.5 Å². The Hall–Kier alpha value is -2.01. The van der Waals surface area contributed by atoms with Gasteiger partial charge in [-0.2, -0.15) is 0 Å². The van der Waals surface area contributed by atoms with E-state index in [9.17, 15) is 0 Å². The number of nitrogens with zero attached hydrogens (tertiary/aromatic N) is 1. The molecule has 0 radical (unpaired) electrons. The van der Waals surface area contributed by atoms with E-state index in [1.165, 1.54) is 0 Å². The number of nitriles is 1. The molecular formula is C15H19NO. The Morgan fingerprint density at radius 2 is 1.47 bits per heavy atom. The molecule has 0 aromatic heterocycles. The number of fused-ring (bicyclic) bond motifs is 1. The summed E-state index contributed by atoms with van der Waals surface area (Å²) in [7, 11) is 0. The van der Waals surface area contributed by atoms with Crippen LogP contribution >= 0.6 is 0 Å². The van der Waals surface area contributed by atoms with Gasteiger partial charge in [0.2, 0.25) is 0 Å². The first-order valence-electron chi connectivity index (χ1n) is 5.95. The van der Waals surface area contributed by atoms with E-state index in [-0.39, 0.29) is 0 Å². The van der Waals surface area contributed by atoms with E-state index in [0.717, 1.165) is 10.8 Å². The van der Waals surface area contributed by atoms with Gasteiger partial charge in [-0.3, -0.25) is 0 Å². The second-order valence-corrected chi connectivity index (χ2v) is 2.67. The van der Waals surface area contributed by atoms with Crippen molar-refractivity contribution < 1.29 is 4.74 Å². The molecule has 90 valence electrons. The molecule has 17 heavy (non-hydrogen) atoms. The average molecular weight is 229 g/mol. The predicted octanol–water partition coefficient (Wildman–Crippen LogP) is 4.75. The van der Waals surface area contributed by atoms with Crippen LogP contribution in [-0.2, 0) is 0 Å². The fraction of sp³-hybridized carbons (Fsp3) is 0.267. The van der Waals surface area contributed by atoms with E-state index in [2.05, 4.69) is 0 Å². The maximum absolute atomic E-state index is 8.41. The summed E-state index contributed by atoms with van der Waals surface area (Å²) in [5, 5.41) is 10.5. The van der Waals surface area contributed by atoms with E-state index >= 15 is 0 Å². The standard InChI is InChI=1S/C11H7NO.2C2H6/c12-8-13-11-7-3-5-9-4-1-2-6-10(9)11;2*1-2/h1-7H;2*1-2H3. The van der Waals surface area contributed by atoms with Gasteiger partial charge in [0.25, 0.3) is 6.26 Å². The van der Waals surface area contributed by atoms with E-state index in [4.69, 9.17) is 10.00 Å². The van der Waals surface area contributed by atoms with Crippen molar-refractivity contribution in [1.82, 2.24) is 0 Å². The largest absolute Gasteiger partial charge is 0.387 e. The Morgan fingerprint density at radius 1 is 0.882 bits per heavy atom. The molecule has 2 aromatic carbocycles. The van der Waals surface area contributed by atoms with Crippen molar-refractivity contribution >= 4 is 10.8 Å². The molecule has 0 unspecified atom stereocenters. The smallest absolute Gasteiger partial charge is 0.292 e. The highest BCUT2D eigenvalue weighted by Gasteiger charge is 1.99. The Morgan fingerprint density at radius 3 is 2.12 bits per heavy atom. The molecule has 0 aliphatic rings. The van der Waals surface area contributed by atoms with Gasteiger partial charge in [0.1, 0.15) is 5.75 Å². The molecule has 0 saturated carbocycles. The fourth-order valence-electron chi connectivity index (χ4n) is 1.33. The van der Waals surface area contributed by atoms with Crippen LogP contribution in [0.3, 0.4) is 0 Å². The quantitative estimate of drug-likeness (QED) is 0.661. The van der Waals surface area contributed by atoms with Gasteiger partial charge < -0.3 is 4.74 Å². The lowest BCUT2D eigenvalue weighted by atomic mass is 10.1. The van der Waals surface area contributed by atoms with Gasteiger partial charge in [0.05, 0.1) is 0 Å². The highest BCUT2D eigenvalue weighted by molar-refractivity contribution is 5.88. The third kappa shape index (κ3) is 4.16. The SMILES string of the molecule is CC.CC.N#COc1cccc2ccccc12. The van der Waals surface area contributed by atoms with Gasteiger partial charge in [0, 0.05) is 5.39 Å². The van der Waals surface area contributed by atoms with Crippen molar-refractivity contribution in [3.63, 3.8) is 0 Å². The zero-order chi connectivity index (χ0) is 13.1. The van der Waals surface area contributed by atoms with Gasteiger partial charge in [0.15, 0.2) is 0 Å². The molecule has 0 heterocycles. The highest BCUT2D eigenvalue weighted by atomic mass is 16.5. The van der Waals surface area contributed by atoms with Crippen LogP contribution in [0, 0.1) is 11.5 Å². The zero-order valence-electron chi connectivity index (χ0n) is 10.9. The molecule has 0 aliphatic carbocycles. The summed E-state index contributed by atoms with van der Waals surface area (Å²) >= 11 is 0. The lowest BCUT2D eigenvalue weighted by Crippen LogP contribution is -1.82. The minimum Gasteiger partial charge on any atom is -0.387 e. The van der Waals surface area contributed by atoms with Gasteiger partial charge in [-0.25, -0.2) is 0 Å². The molecule has 2 rings (SSSR count). The van der Waals surface area contributed by atoms with Crippen LogP contribution in [0.5, 0.6) is 5.75 Å². The van der Waals surface area contributed by atoms with Crippen LogP contribution in [-0.4, -0.2) is 0 Å². The van der Waals surface area contributed by atoms with Crippen molar-refractivity contribution in [3.8, 4) is 12.0 Å². The lowest BCUT2D eigenvalue weighted by Gasteiger charge is -2.00. The van der Waals surface area contributed by atoms with Crippen LogP contribution < -0.4 is 4.74 Å². The molecular weight excluding hydrogens is 210 g/mol. The third-order valence-corrected chi connectivity index (χ3v) is 1.91. The molecule has 2 aromatic rings. The molecule has 0 fully saturated rings. The predicted molar refractivity (Wildman–Crippen MR) is 72.9 cm³/mol. The normalized spacial score (nSPS) is 7.94. The molecule has 0 atom stereocenters. The number of benzene rings is 2. The van der Waals surface area contributed by atoms with E-state index in [1.807, 2.05) is 64.1 Å². The van der Waals surface area contributed by atoms with Crippen LogP contribution in [0.1, 0.15) is 27.7 Å². The molecule has 0 saturated heterocycles. The summed E-state index contributed by atoms with van der Waals surface area (Å²) in [5.41, 5.74) is 0. The molecule has 2 heteroatoms. The first-order valence-corrected chi connectivity index (χ1v) is 5.95. The molecule has 0 spiro atoms. The molecule has 0 bridgehead atoms. The summed E-state index contributed by atoms with van der Waals surface area (Å²) < 4.78 is 4.82. The Kier molecular flexibility index (Phi) is 8.14. The Bertz CT molecular complexity index is 466. The topological polar surface area (TPSA) is 33.0 Å². The highest BCUT2D eigenvalue weighted by Crippen LogP contribution is 2.24. The number of ether oxygens (including phenoxy) is 1. The monoisotopic (exact) mass is 229 g/mol. The first-order chi connectivity index (χ1) is 8.42. The van der Waals surface area contributed by atoms with E-state index in [1.54, 1.807) is 12.3 Å². The summed E-state index contributed by atoms with van der Waals surface area (Å²) in [6.45, 7) is 8.00. The van der Waals surface area contributed by atoms with Crippen molar-refractivity contribution in [2.45, 2.75) is 27.7 Å². The van der Waals surface area contributed by atoms with Gasteiger partial charge >= 0.3 is 0 Å². The summed E-state index contributed by atoms with van der Waals surface area (Å²) in [6, 6.07) is 13.4. The maximum Gasteiger partial charge on any atom is 0.292 e. The number of rotatable bonds is 1. The molecule has 0 amide bonds. The molecule has 2 nitrogen and oxygen atoms in total. The van der Waals surface area contributed by atoms with E-state index in [0.29, 0.717) is 5.75 Å². The second-order valence-electron chi connectivity index (χ2n) is 2.67. The van der Waals surface area contributed by atoms with Crippen molar-refractivity contribution in [2.24, 2.45) is 0 Å². The zero-order valence-corrected chi connectivity index (χ0v) is 10.9. The number of hydrogen-bond acceptors (Lipinski definition) is 2. The number of hydrogen-bond donors (Lipinski definition) is 0. The van der Waals surface area contributed by atoms with Gasteiger partial charge in [-0.1, -0.05) is 64.1 Å². The van der Waals surface area contributed by atoms with Crippen LogP contribution in [0.2, 0.25) is 0 Å². The minimum atomic E-state index is 0.612. The fourth-order valence-corrected chi connectivity index (χ4v) is 1.33. The van der Waals surface area contributed by atoms with E-state index < -0.39 is 0 Å². The minimum absolute atomic E-state index is 0.612. The van der Waals surface area contributed by atoms with Crippen molar-refractivity contribution in [1.29, 1.82) is 5.26 Å². The van der Waals surface area contributed by atoms with Crippen molar-refractivity contribution in [3.05, 3.63) is 42.5 Å². The van der Waals surface area contributed by atoms with Crippen LogP contribution in [0.25, 0.3) is 10.8 Å². The Labute approximate surface area is 103 Å². The summed E-state index contributed by atoms with van der Waals surface area (Å²) in [6.07, 6.45) is 1.68. The van der Waals surface area contributed by atoms with Crippen molar-refractivity contribution in [2.75, 3.05) is 0 Å². The van der Waals surface area contributed by atoms with Crippen LogP contribution in [0.4, 0.5) is 0 Å². The summed E-state index contributed by atoms with van der Waals surface area (Å²) in [5.74, 6) is 0.612. The maximum atomic E-state index is 8.41. The average Bonchev–Trinajstić information content (AvgIpc) is 2.44. The molecule has 0 N–H and O–H groups in total.